The molecule has 1 atom stereocenters. The number of carbonyl (C=O) groups is 2. The lowest BCUT2D eigenvalue weighted by Gasteiger charge is -2.34. The topological polar surface area (TPSA) is 60.9 Å². The number of amides is 1. The van der Waals surface area contributed by atoms with Gasteiger partial charge in [-0.1, -0.05) is 6.92 Å². The van der Waals surface area contributed by atoms with E-state index in [0.29, 0.717) is 19.5 Å². The first-order valence-electron chi connectivity index (χ1n) is 6.27. The first-order chi connectivity index (χ1) is 8.06. The summed E-state index contributed by atoms with van der Waals surface area (Å²) in [7, 11) is 1.89. The van der Waals surface area contributed by atoms with Crippen molar-refractivity contribution in [2.45, 2.75) is 38.6 Å². The third kappa shape index (κ3) is 4.00. The molecule has 1 saturated heterocycles. The minimum Gasteiger partial charge on any atom is -0.480 e. The number of carbonyl (C=O) groups excluding carboxylic acids is 1. The number of likely N-dealkylation sites (N-methyl/N-ethyl adjacent to an activating group) is 1. The van der Waals surface area contributed by atoms with Gasteiger partial charge in [0.2, 0.25) is 5.91 Å². The van der Waals surface area contributed by atoms with Crippen molar-refractivity contribution >= 4 is 11.9 Å². The van der Waals surface area contributed by atoms with E-state index in [1.54, 1.807) is 0 Å². The largest absolute Gasteiger partial charge is 0.480 e. The molecule has 1 amide bonds. The van der Waals surface area contributed by atoms with Gasteiger partial charge in [-0.3, -0.25) is 9.69 Å². The van der Waals surface area contributed by atoms with E-state index in [1.807, 2.05) is 11.9 Å². The zero-order valence-corrected chi connectivity index (χ0v) is 10.7. The molecule has 1 aliphatic heterocycles. The van der Waals surface area contributed by atoms with Gasteiger partial charge >= 0.3 is 5.97 Å². The molecular formula is C12H22N2O3. The fourth-order valence-corrected chi connectivity index (χ4v) is 2.27. The maximum absolute atomic E-state index is 12.0. The molecule has 1 N–H and O–H groups in total. The van der Waals surface area contributed by atoms with E-state index in [-0.39, 0.29) is 5.91 Å². The summed E-state index contributed by atoms with van der Waals surface area (Å²) in [5.41, 5.74) is 0. The van der Waals surface area contributed by atoms with Crippen LogP contribution in [0.4, 0.5) is 0 Å². The number of hydrogen-bond acceptors (Lipinski definition) is 3. The van der Waals surface area contributed by atoms with E-state index in [0.717, 1.165) is 25.8 Å². The summed E-state index contributed by atoms with van der Waals surface area (Å²) < 4.78 is 0. The normalized spacial score (nSPS) is 20.6. The van der Waals surface area contributed by atoms with Crippen molar-refractivity contribution in [3.05, 3.63) is 0 Å². The van der Waals surface area contributed by atoms with Gasteiger partial charge in [-0.2, -0.15) is 0 Å². The van der Waals surface area contributed by atoms with Crippen molar-refractivity contribution in [1.82, 2.24) is 9.80 Å². The molecule has 0 spiro atoms. The van der Waals surface area contributed by atoms with Crippen LogP contribution in [0.3, 0.4) is 0 Å². The van der Waals surface area contributed by atoms with E-state index in [9.17, 15) is 9.59 Å². The molecule has 0 radical (unpaired) electrons. The van der Waals surface area contributed by atoms with Crippen LogP contribution in [-0.4, -0.2) is 59.5 Å². The number of piperidine rings is 1. The van der Waals surface area contributed by atoms with Crippen LogP contribution in [0.5, 0.6) is 0 Å². The molecule has 0 aliphatic carbocycles. The second-order valence-corrected chi connectivity index (χ2v) is 4.67. The summed E-state index contributed by atoms with van der Waals surface area (Å²) in [6.45, 7) is 3.81. The molecule has 0 aromatic rings. The minimum atomic E-state index is -0.879. The number of carboxylic acids is 1. The first kappa shape index (κ1) is 14.0. The van der Waals surface area contributed by atoms with Crippen molar-refractivity contribution in [2.75, 3.05) is 26.7 Å². The maximum Gasteiger partial charge on any atom is 0.326 e. The number of nitrogens with zero attached hydrogens (tertiary/aromatic N) is 2. The van der Waals surface area contributed by atoms with Gasteiger partial charge in [-0.25, -0.2) is 4.79 Å². The molecule has 0 aromatic carbocycles. The molecule has 1 aliphatic rings. The monoisotopic (exact) mass is 242 g/mol. The van der Waals surface area contributed by atoms with E-state index < -0.39 is 12.0 Å². The van der Waals surface area contributed by atoms with Crippen molar-refractivity contribution in [3.8, 4) is 0 Å². The Morgan fingerprint density at radius 3 is 2.71 bits per heavy atom. The second kappa shape index (κ2) is 6.59. The third-order valence-corrected chi connectivity index (χ3v) is 3.12. The summed E-state index contributed by atoms with van der Waals surface area (Å²) in [6, 6.07) is -0.619. The quantitative estimate of drug-likeness (QED) is 0.774. The molecule has 1 rings (SSSR count). The number of likely N-dealkylation sites (tertiary alicyclic amines) is 1. The molecule has 5 heteroatoms. The molecule has 1 fully saturated rings. The predicted molar refractivity (Wildman–Crippen MR) is 64.8 cm³/mol. The van der Waals surface area contributed by atoms with Crippen LogP contribution in [0.2, 0.25) is 0 Å². The second-order valence-electron chi connectivity index (χ2n) is 4.67. The highest BCUT2D eigenvalue weighted by Gasteiger charge is 2.31. The van der Waals surface area contributed by atoms with Crippen molar-refractivity contribution in [1.29, 1.82) is 0 Å². The summed E-state index contributed by atoms with van der Waals surface area (Å²) in [4.78, 5) is 26.6. The Kier molecular flexibility index (Phi) is 5.41. The lowest BCUT2D eigenvalue weighted by atomic mass is 10.0. The summed E-state index contributed by atoms with van der Waals surface area (Å²) in [6.07, 6.45) is 3.38. The molecule has 5 nitrogen and oxygen atoms in total. The van der Waals surface area contributed by atoms with E-state index in [4.69, 9.17) is 5.11 Å². The summed E-state index contributed by atoms with van der Waals surface area (Å²) >= 11 is 0. The molecule has 0 saturated carbocycles. The van der Waals surface area contributed by atoms with Gasteiger partial charge in [0, 0.05) is 6.54 Å². The Balaban J connectivity index is 2.56. The minimum absolute atomic E-state index is 0.0620. The molecule has 98 valence electrons. The Hall–Kier alpha value is -1.10. The SMILES string of the molecule is CCCN(C)CC(=O)N1CCCCC1C(=O)O. The molecular weight excluding hydrogens is 220 g/mol. The van der Waals surface area contributed by atoms with Gasteiger partial charge in [-0.15, -0.1) is 0 Å². The van der Waals surface area contributed by atoms with Crippen LogP contribution in [-0.2, 0) is 9.59 Å². The summed E-state index contributed by atoms with van der Waals surface area (Å²) in [5, 5.41) is 9.09. The van der Waals surface area contributed by atoms with Crippen molar-refractivity contribution < 1.29 is 14.7 Å². The highest BCUT2D eigenvalue weighted by atomic mass is 16.4. The van der Waals surface area contributed by atoms with Gasteiger partial charge in [-0.05, 0) is 39.3 Å². The Labute approximate surface area is 102 Å². The predicted octanol–water partition coefficient (Wildman–Crippen LogP) is 0.794. The molecule has 1 unspecified atom stereocenters. The number of aliphatic carboxylic acids is 1. The molecule has 0 aromatic heterocycles. The van der Waals surface area contributed by atoms with Crippen molar-refractivity contribution in [2.24, 2.45) is 0 Å². The van der Waals surface area contributed by atoms with Gasteiger partial charge in [0.15, 0.2) is 0 Å². The fourth-order valence-electron chi connectivity index (χ4n) is 2.27. The van der Waals surface area contributed by atoms with E-state index >= 15 is 0 Å². The van der Waals surface area contributed by atoms with Gasteiger partial charge < -0.3 is 10.0 Å². The van der Waals surface area contributed by atoms with Gasteiger partial charge in [0.1, 0.15) is 6.04 Å². The first-order valence-corrected chi connectivity index (χ1v) is 6.27. The average molecular weight is 242 g/mol. The smallest absolute Gasteiger partial charge is 0.326 e. The lowest BCUT2D eigenvalue weighted by molar-refractivity contribution is -0.152. The molecule has 1 heterocycles. The Morgan fingerprint density at radius 1 is 1.41 bits per heavy atom. The highest BCUT2D eigenvalue weighted by molar-refractivity contribution is 5.85. The number of carboxylic acid groups (broad SMARTS) is 1. The summed E-state index contributed by atoms with van der Waals surface area (Å²) in [5.74, 6) is -0.941. The third-order valence-electron chi connectivity index (χ3n) is 3.12. The fraction of sp³-hybridized carbons (Fsp3) is 0.833. The Morgan fingerprint density at radius 2 is 2.12 bits per heavy atom. The molecule has 0 bridgehead atoms. The van der Waals surface area contributed by atoms with Crippen LogP contribution in [0.15, 0.2) is 0 Å². The van der Waals surface area contributed by atoms with Crippen LogP contribution in [0.1, 0.15) is 32.6 Å². The number of hydrogen-bond donors (Lipinski definition) is 1. The maximum atomic E-state index is 12.0. The van der Waals surface area contributed by atoms with Crippen LogP contribution in [0.25, 0.3) is 0 Å². The molecule has 17 heavy (non-hydrogen) atoms. The standard InChI is InChI=1S/C12H22N2O3/c1-3-7-13(2)9-11(15)14-8-5-4-6-10(14)12(16)17/h10H,3-9H2,1-2H3,(H,16,17). The average Bonchev–Trinajstić information content (AvgIpc) is 2.29. The number of rotatable bonds is 5. The van der Waals surface area contributed by atoms with E-state index in [2.05, 4.69) is 6.92 Å². The zero-order chi connectivity index (χ0) is 12.8. The van der Waals surface area contributed by atoms with Crippen LogP contribution in [0, 0.1) is 0 Å². The highest BCUT2D eigenvalue weighted by Crippen LogP contribution is 2.17. The van der Waals surface area contributed by atoms with Crippen LogP contribution >= 0.6 is 0 Å². The Bertz CT molecular complexity index is 281. The van der Waals surface area contributed by atoms with Crippen molar-refractivity contribution in [3.63, 3.8) is 0 Å². The van der Waals surface area contributed by atoms with E-state index in [1.165, 1.54) is 4.90 Å². The van der Waals surface area contributed by atoms with Gasteiger partial charge in [0.05, 0.1) is 6.54 Å². The zero-order valence-electron chi connectivity index (χ0n) is 10.7. The van der Waals surface area contributed by atoms with Crippen LogP contribution < -0.4 is 0 Å². The van der Waals surface area contributed by atoms with Gasteiger partial charge in [0.25, 0.3) is 0 Å². The lowest BCUT2D eigenvalue weighted by Crippen LogP contribution is -2.50.